The van der Waals surface area contributed by atoms with Crippen molar-refractivity contribution in [3.63, 3.8) is 0 Å². The highest BCUT2D eigenvalue weighted by atomic mass is 16.1. The number of pyridine rings is 2. The van der Waals surface area contributed by atoms with Crippen LogP contribution in [0.1, 0.15) is 47.3 Å². The number of hydrogen-bond acceptors (Lipinski definition) is 4. The normalized spacial score (nSPS) is 26.5. The van der Waals surface area contributed by atoms with E-state index >= 15 is 0 Å². The van der Waals surface area contributed by atoms with E-state index < -0.39 is 0 Å². The molecular weight excluding hydrogens is 352 g/mol. The van der Waals surface area contributed by atoms with Gasteiger partial charge in [0.15, 0.2) is 0 Å². The molecule has 28 heavy (non-hydrogen) atoms. The first-order valence-electron chi connectivity index (χ1n) is 10.3. The molecule has 1 saturated heterocycles. The van der Waals surface area contributed by atoms with Gasteiger partial charge >= 0.3 is 0 Å². The molecule has 0 aromatic carbocycles. The standard InChI is InChI=1S/C22H26N4O2/c27-21-5-1-4-19-17-9-18(14-25(13-17)12-15-6-7-15)20(26(19)21)11-24-22(28)16-3-2-8-23-10-16/h1-5,8,10,15,17-18,20H,6-7,9,11-14H2,(H,24,28)/t17-,18+,20+/m1/s1. The summed E-state index contributed by atoms with van der Waals surface area (Å²) in [6.45, 7) is 3.71. The lowest BCUT2D eigenvalue weighted by Crippen LogP contribution is -2.52. The summed E-state index contributed by atoms with van der Waals surface area (Å²) in [5.41, 5.74) is 1.73. The van der Waals surface area contributed by atoms with Crippen LogP contribution in [-0.4, -0.2) is 46.5 Å². The van der Waals surface area contributed by atoms with Crippen molar-refractivity contribution in [1.82, 2.24) is 19.8 Å². The second kappa shape index (κ2) is 7.17. The van der Waals surface area contributed by atoms with Crippen molar-refractivity contribution in [2.75, 3.05) is 26.2 Å². The van der Waals surface area contributed by atoms with Crippen molar-refractivity contribution >= 4 is 5.91 Å². The Morgan fingerprint density at radius 2 is 2.07 bits per heavy atom. The maximum Gasteiger partial charge on any atom is 0.252 e. The Bertz CT molecular complexity index is 922. The predicted molar refractivity (Wildman–Crippen MR) is 106 cm³/mol. The smallest absolute Gasteiger partial charge is 0.252 e. The maximum atomic E-state index is 12.7. The molecule has 2 aliphatic heterocycles. The third-order valence-corrected chi connectivity index (χ3v) is 6.48. The molecule has 0 radical (unpaired) electrons. The molecule has 1 saturated carbocycles. The molecule has 146 valence electrons. The first-order chi connectivity index (χ1) is 13.7. The zero-order valence-electron chi connectivity index (χ0n) is 16.0. The number of hydrogen-bond donors (Lipinski definition) is 1. The fraction of sp³-hybridized carbons (Fsp3) is 0.500. The minimum Gasteiger partial charge on any atom is -0.350 e. The van der Waals surface area contributed by atoms with E-state index in [9.17, 15) is 9.59 Å². The minimum atomic E-state index is -0.133. The van der Waals surface area contributed by atoms with Gasteiger partial charge in [0.25, 0.3) is 11.5 Å². The molecule has 6 nitrogen and oxygen atoms in total. The lowest BCUT2D eigenvalue weighted by atomic mass is 9.78. The van der Waals surface area contributed by atoms with Crippen LogP contribution in [0.4, 0.5) is 0 Å². The van der Waals surface area contributed by atoms with Crippen LogP contribution in [0, 0.1) is 11.8 Å². The topological polar surface area (TPSA) is 67.2 Å². The van der Waals surface area contributed by atoms with Crippen molar-refractivity contribution in [3.05, 3.63) is 64.3 Å². The Kier molecular flexibility index (Phi) is 4.51. The summed E-state index contributed by atoms with van der Waals surface area (Å²) in [6.07, 6.45) is 7.03. The summed E-state index contributed by atoms with van der Waals surface area (Å²) < 4.78 is 1.96. The highest BCUT2D eigenvalue weighted by Gasteiger charge is 2.41. The molecule has 0 unspecified atom stereocenters. The third-order valence-electron chi connectivity index (χ3n) is 6.48. The fourth-order valence-corrected chi connectivity index (χ4v) is 5.01. The Morgan fingerprint density at radius 3 is 2.86 bits per heavy atom. The SMILES string of the molecule is O=C(NC[C@H]1[C@H]2C[C@H](CN(CC3CC3)C2)c2cccc(=O)n21)c1cccnc1. The molecule has 4 heterocycles. The minimum absolute atomic E-state index is 0.00238. The quantitative estimate of drug-likeness (QED) is 0.865. The number of likely N-dealkylation sites (tertiary alicyclic amines) is 1. The third kappa shape index (κ3) is 3.37. The van der Waals surface area contributed by atoms with Gasteiger partial charge in [0.1, 0.15) is 0 Å². The predicted octanol–water partition coefficient (Wildman–Crippen LogP) is 2.04. The molecule has 3 atom stereocenters. The first-order valence-corrected chi connectivity index (χ1v) is 10.3. The molecule has 1 amide bonds. The van der Waals surface area contributed by atoms with Crippen LogP contribution in [0.3, 0.4) is 0 Å². The van der Waals surface area contributed by atoms with Gasteiger partial charge in [-0.25, -0.2) is 0 Å². The number of piperidine rings is 1. The van der Waals surface area contributed by atoms with Gasteiger partial charge in [-0.05, 0) is 49.3 Å². The summed E-state index contributed by atoms with van der Waals surface area (Å²) in [5.74, 6) is 1.53. The summed E-state index contributed by atoms with van der Waals surface area (Å²) in [4.78, 5) is 31.9. The van der Waals surface area contributed by atoms with Gasteiger partial charge < -0.3 is 14.8 Å². The molecule has 1 aliphatic carbocycles. The first kappa shape index (κ1) is 17.6. The number of fused-ring (bicyclic) bond motifs is 4. The summed E-state index contributed by atoms with van der Waals surface area (Å²) in [5, 5.41) is 3.05. The van der Waals surface area contributed by atoms with E-state index in [1.165, 1.54) is 19.4 Å². The summed E-state index contributed by atoms with van der Waals surface area (Å²) in [7, 11) is 0. The van der Waals surface area contributed by atoms with E-state index in [-0.39, 0.29) is 17.5 Å². The summed E-state index contributed by atoms with van der Waals surface area (Å²) >= 11 is 0. The average Bonchev–Trinajstić information content (AvgIpc) is 3.53. The average molecular weight is 378 g/mol. The van der Waals surface area contributed by atoms with Gasteiger partial charge in [-0.1, -0.05) is 6.07 Å². The molecule has 2 bridgehead atoms. The lowest BCUT2D eigenvalue weighted by Gasteiger charge is -2.47. The number of amides is 1. The van der Waals surface area contributed by atoms with Crippen LogP contribution in [-0.2, 0) is 0 Å². The zero-order valence-corrected chi connectivity index (χ0v) is 16.0. The molecular formula is C22H26N4O2. The fourth-order valence-electron chi connectivity index (χ4n) is 5.01. The molecule has 0 spiro atoms. The van der Waals surface area contributed by atoms with Crippen LogP contribution >= 0.6 is 0 Å². The Balaban J connectivity index is 1.40. The van der Waals surface area contributed by atoms with Gasteiger partial charge in [0, 0.05) is 56.3 Å². The highest BCUT2D eigenvalue weighted by Crippen LogP contribution is 2.42. The van der Waals surface area contributed by atoms with Crippen LogP contribution < -0.4 is 10.9 Å². The molecule has 1 N–H and O–H groups in total. The van der Waals surface area contributed by atoms with Crippen molar-refractivity contribution in [2.24, 2.45) is 11.8 Å². The lowest BCUT2D eigenvalue weighted by molar-refractivity contribution is 0.0801. The van der Waals surface area contributed by atoms with Gasteiger partial charge in [-0.15, -0.1) is 0 Å². The second-order valence-electron chi connectivity index (χ2n) is 8.53. The van der Waals surface area contributed by atoms with Crippen LogP contribution in [0.2, 0.25) is 0 Å². The van der Waals surface area contributed by atoms with Gasteiger partial charge in [-0.3, -0.25) is 14.6 Å². The monoisotopic (exact) mass is 378 g/mol. The number of carbonyl (C=O) groups is 1. The van der Waals surface area contributed by atoms with Gasteiger partial charge in [-0.2, -0.15) is 0 Å². The van der Waals surface area contributed by atoms with E-state index in [2.05, 4.69) is 21.3 Å². The number of rotatable bonds is 5. The van der Waals surface area contributed by atoms with Crippen molar-refractivity contribution in [3.8, 4) is 0 Å². The van der Waals surface area contributed by atoms with Crippen LogP contribution in [0.15, 0.2) is 47.5 Å². The number of nitrogens with one attached hydrogen (secondary N) is 1. The van der Waals surface area contributed by atoms with Gasteiger partial charge in [0.05, 0.1) is 11.6 Å². The number of carbonyl (C=O) groups excluding carboxylic acids is 1. The van der Waals surface area contributed by atoms with Crippen molar-refractivity contribution < 1.29 is 4.79 Å². The van der Waals surface area contributed by atoms with E-state index in [4.69, 9.17) is 0 Å². The van der Waals surface area contributed by atoms with E-state index in [0.717, 1.165) is 31.1 Å². The zero-order chi connectivity index (χ0) is 19.1. The maximum absolute atomic E-state index is 12.7. The largest absolute Gasteiger partial charge is 0.350 e. The summed E-state index contributed by atoms with van der Waals surface area (Å²) in [6, 6.07) is 9.14. The van der Waals surface area contributed by atoms with E-state index in [1.807, 2.05) is 10.6 Å². The van der Waals surface area contributed by atoms with E-state index in [0.29, 0.717) is 23.9 Å². The van der Waals surface area contributed by atoms with Crippen molar-refractivity contribution in [2.45, 2.75) is 31.2 Å². The van der Waals surface area contributed by atoms with Crippen LogP contribution in [0.5, 0.6) is 0 Å². The molecule has 2 fully saturated rings. The Morgan fingerprint density at radius 1 is 1.18 bits per heavy atom. The molecule has 3 aliphatic rings. The Labute approximate surface area is 164 Å². The van der Waals surface area contributed by atoms with E-state index in [1.54, 1.807) is 30.6 Å². The number of aromatic nitrogens is 2. The molecule has 5 rings (SSSR count). The second-order valence-corrected chi connectivity index (χ2v) is 8.53. The van der Waals surface area contributed by atoms with Crippen molar-refractivity contribution in [1.29, 1.82) is 0 Å². The molecule has 6 heteroatoms. The van der Waals surface area contributed by atoms with Crippen LogP contribution in [0.25, 0.3) is 0 Å². The molecule has 2 aromatic heterocycles. The highest BCUT2D eigenvalue weighted by molar-refractivity contribution is 5.93. The number of nitrogens with zero attached hydrogens (tertiary/aromatic N) is 3. The van der Waals surface area contributed by atoms with Gasteiger partial charge in [0.2, 0.25) is 0 Å². The Hall–Kier alpha value is -2.47. The molecule has 2 aromatic rings.